The number of anilines is 1. The third-order valence-electron chi connectivity index (χ3n) is 4.45. The number of rotatable bonds is 6. The van der Waals surface area contributed by atoms with E-state index < -0.39 is 0 Å². The number of aromatic nitrogens is 2. The molecule has 2 heterocycles. The summed E-state index contributed by atoms with van der Waals surface area (Å²) < 4.78 is 5.85. The van der Waals surface area contributed by atoms with Crippen molar-refractivity contribution < 1.29 is 4.74 Å². The molecule has 152 valence electrons. The Morgan fingerprint density at radius 3 is 2.50 bits per heavy atom. The molecule has 8 heteroatoms. The van der Waals surface area contributed by atoms with Gasteiger partial charge in [-0.1, -0.05) is 18.2 Å². The van der Waals surface area contributed by atoms with Crippen LogP contribution >= 0.6 is 24.0 Å². The summed E-state index contributed by atoms with van der Waals surface area (Å²) in [7, 11) is 0. The van der Waals surface area contributed by atoms with Crippen molar-refractivity contribution in [3.05, 3.63) is 48.3 Å². The molecule has 28 heavy (non-hydrogen) atoms. The Balaban J connectivity index is 0.00000280. The molecule has 0 amide bonds. The van der Waals surface area contributed by atoms with Crippen LogP contribution in [0.1, 0.15) is 12.5 Å². The summed E-state index contributed by atoms with van der Waals surface area (Å²) >= 11 is 0. The fourth-order valence-corrected chi connectivity index (χ4v) is 3.02. The molecule has 1 aliphatic heterocycles. The van der Waals surface area contributed by atoms with Gasteiger partial charge >= 0.3 is 0 Å². The van der Waals surface area contributed by atoms with Crippen molar-refractivity contribution in [2.45, 2.75) is 13.8 Å². The second-order valence-electron chi connectivity index (χ2n) is 6.37. The summed E-state index contributed by atoms with van der Waals surface area (Å²) in [6.07, 6.45) is 3.57. The predicted molar refractivity (Wildman–Crippen MR) is 124 cm³/mol. The quantitative estimate of drug-likeness (QED) is 0.287. The fraction of sp³-hybridized carbons (Fsp3) is 0.450. The van der Waals surface area contributed by atoms with E-state index in [-0.39, 0.29) is 24.0 Å². The highest BCUT2D eigenvalue weighted by atomic mass is 127. The number of aliphatic imine (C=N–C) groups is 1. The molecule has 1 N–H and O–H groups in total. The van der Waals surface area contributed by atoms with Gasteiger partial charge in [-0.25, -0.2) is 15.0 Å². The number of hydrogen-bond donors (Lipinski definition) is 1. The first kappa shape index (κ1) is 22.2. The average Bonchev–Trinajstić information content (AvgIpc) is 2.72. The van der Waals surface area contributed by atoms with E-state index >= 15 is 0 Å². The van der Waals surface area contributed by atoms with Crippen LogP contribution in [-0.4, -0.2) is 66.7 Å². The lowest BCUT2D eigenvalue weighted by molar-refractivity contribution is 0.323. The molecule has 1 saturated heterocycles. The number of benzene rings is 1. The summed E-state index contributed by atoms with van der Waals surface area (Å²) in [5, 5.41) is 3.39. The van der Waals surface area contributed by atoms with Gasteiger partial charge < -0.3 is 19.9 Å². The van der Waals surface area contributed by atoms with Crippen molar-refractivity contribution in [2.75, 3.05) is 50.8 Å². The zero-order chi connectivity index (χ0) is 18.9. The van der Waals surface area contributed by atoms with Gasteiger partial charge in [0.1, 0.15) is 12.4 Å². The standard InChI is InChI=1S/C20H28N6O.HI/c1-3-21-19(24-11-16-27-18-8-5-4-7-17(18)2)25-12-14-26(15-13-25)20-22-9-6-10-23-20;/h4-10H,3,11-16H2,1-2H3,(H,21,24);1H. The Morgan fingerprint density at radius 1 is 1.11 bits per heavy atom. The van der Waals surface area contributed by atoms with Crippen molar-refractivity contribution in [1.29, 1.82) is 0 Å². The molecule has 3 rings (SSSR count). The SMILES string of the molecule is CCNC(=NCCOc1ccccc1C)N1CCN(c2ncccn2)CC1.I. The maximum absolute atomic E-state index is 5.85. The van der Waals surface area contributed by atoms with Crippen LogP contribution in [0.4, 0.5) is 5.95 Å². The van der Waals surface area contributed by atoms with Crippen LogP contribution in [0.25, 0.3) is 0 Å². The molecule has 1 aromatic carbocycles. The van der Waals surface area contributed by atoms with Crippen LogP contribution < -0.4 is 15.0 Å². The number of nitrogens with one attached hydrogen (secondary N) is 1. The number of halogens is 1. The summed E-state index contributed by atoms with van der Waals surface area (Å²) in [4.78, 5) is 17.9. The van der Waals surface area contributed by atoms with Gasteiger partial charge in [0.05, 0.1) is 6.54 Å². The molecule has 0 aliphatic carbocycles. The van der Waals surface area contributed by atoms with Crippen molar-refractivity contribution in [3.63, 3.8) is 0 Å². The van der Waals surface area contributed by atoms with E-state index in [1.807, 2.05) is 24.3 Å². The molecule has 0 saturated carbocycles. The minimum atomic E-state index is 0. The monoisotopic (exact) mass is 496 g/mol. The zero-order valence-electron chi connectivity index (χ0n) is 16.5. The third kappa shape index (κ3) is 6.22. The smallest absolute Gasteiger partial charge is 0.225 e. The molecular formula is C20H29IN6O. The fourth-order valence-electron chi connectivity index (χ4n) is 3.02. The normalized spacial score (nSPS) is 14.4. The van der Waals surface area contributed by atoms with Crippen LogP contribution in [-0.2, 0) is 0 Å². The summed E-state index contributed by atoms with van der Waals surface area (Å²) in [5.41, 5.74) is 1.15. The maximum Gasteiger partial charge on any atom is 0.225 e. The van der Waals surface area contributed by atoms with Gasteiger partial charge in [0.2, 0.25) is 5.95 Å². The topological polar surface area (TPSA) is 65.9 Å². The third-order valence-corrected chi connectivity index (χ3v) is 4.45. The van der Waals surface area contributed by atoms with Crippen LogP contribution in [0.3, 0.4) is 0 Å². The summed E-state index contributed by atoms with van der Waals surface area (Å²) in [6.45, 7) is 9.73. The van der Waals surface area contributed by atoms with E-state index in [2.05, 4.69) is 45.0 Å². The number of para-hydroxylation sites is 1. The minimum Gasteiger partial charge on any atom is -0.491 e. The van der Waals surface area contributed by atoms with Crippen LogP contribution in [0.5, 0.6) is 5.75 Å². The molecule has 0 unspecified atom stereocenters. The first-order valence-electron chi connectivity index (χ1n) is 9.51. The van der Waals surface area contributed by atoms with Gasteiger partial charge in [0.15, 0.2) is 5.96 Å². The van der Waals surface area contributed by atoms with Gasteiger partial charge in [-0.15, -0.1) is 24.0 Å². The number of ether oxygens (including phenoxy) is 1. The van der Waals surface area contributed by atoms with Crippen molar-refractivity contribution in [1.82, 2.24) is 20.2 Å². The number of guanidine groups is 1. The predicted octanol–water partition coefficient (Wildman–Crippen LogP) is 2.57. The van der Waals surface area contributed by atoms with Crippen LogP contribution in [0.2, 0.25) is 0 Å². The molecule has 0 spiro atoms. The minimum absolute atomic E-state index is 0. The highest BCUT2D eigenvalue weighted by Crippen LogP contribution is 2.15. The molecule has 0 radical (unpaired) electrons. The molecule has 7 nitrogen and oxygen atoms in total. The van der Waals surface area contributed by atoms with E-state index in [0.29, 0.717) is 13.2 Å². The highest BCUT2D eigenvalue weighted by molar-refractivity contribution is 14.0. The molecule has 2 aromatic rings. The van der Waals surface area contributed by atoms with Crippen LogP contribution in [0, 0.1) is 6.92 Å². The molecule has 0 atom stereocenters. The van der Waals surface area contributed by atoms with E-state index in [0.717, 1.165) is 55.9 Å². The van der Waals surface area contributed by atoms with Gasteiger partial charge in [-0.05, 0) is 31.5 Å². The zero-order valence-corrected chi connectivity index (χ0v) is 18.9. The summed E-state index contributed by atoms with van der Waals surface area (Å²) in [5.74, 6) is 2.67. The Hall–Kier alpha value is -2.10. The summed E-state index contributed by atoms with van der Waals surface area (Å²) in [6, 6.07) is 9.90. The Bertz CT molecular complexity index is 734. The first-order chi connectivity index (χ1) is 13.3. The van der Waals surface area contributed by atoms with Gasteiger partial charge in [-0.3, -0.25) is 0 Å². The maximum atomic E-state index is 5.85. The number of piperazine rings is 1. The van der Waals surface area contributed by atoms with E-state index in [4.69, 9.17) is 9.73 Å². The van der Waals surface area contributed by atoms with Crippen molar-refractivity contribution >= 4 is 35.9 Å². The highest BCUT2D eigenvalue weighted by Gasteiger charge is 2.20. The lowest BCUT2D eigenvalue weighted by Gasteiger charge is -2.36. The first-order valence-corrected chi connectivity index (χ1v) is 9.51. The lowest BCUT2D eigenvalue weighted by Crippen LogP contribution is -2.53. The van der Waals surface area contributed by atoms with Gasteiger partial charge in [-0.2, -0.15) is 0 Å². The Kier molecular flexibility index (Phi) is 9.26. The second kappa shape index (κ2) is 11.7. The van der Waals surface area contributed by atoms with E-state index in [1.54, 1.807) is 12.4 Å². The number of nitrogens with zero attached hydrogens (tertiary/aromatic N) is 5. The van der Waals surface area contributed by atoms with E-state index in [1.165, 1.54) is 0 Å². The number of hydrogen-bond acceptors (Lipinski definition) is 5. The molecule has 1 fully saturated rings. The molecule has 0 bridgehead atoms. The largest absolute Gasteiger partial charge is 0.491 e. The average molecular weight is 496 g/mol. The Labute approximate surface area is 184 Å². The number of aryl methyl sites for hydroxylation is 1. The van der Waals surface area contributed by atoms with Crippen molar-refractivity contribution in [2.24, 2.45) is 4.99 Å². The lowest BCUT2D eigenvalue weighted by atomic mass is 10.2. The van der Waals surface area contributed by atoms with E-state index in [9.17, 15) is 0 Å². The van der Waals surface area contributed by atoms with Gasteiger partial charge in [0.25, 0.3) is 0 Å². The second-order valence-corrected chi connectivity index (χ2v) is 6.37. The molecule has 1 aliphatic rings. The van der Waals surface area contributed by atoms with Crippen molar-refractivity contribution in [3.8, 4) is 5.75 Å². The Morgan fingerprint density at radius 2 is 1.82 bits per heavy atom. The molecular weight excluding hydrogens is 467 g/mol. The molecule has 1 aromatic heterocycles. The van der Waals surface area contributed by atoms with Gasteiger partial charge in [0, 0.05) is 45.1 Å². The van der Waals surface area contributed by atoms with Crippen LogP contribution in [0.15, 0.2) is 47.7 Å².